The Morgan fingerprint density at radius 3 is 2.35 bits per heavy atom. The lowest BCUT2D eigenvalue weighted by Crippen LogP contribution is -2.52. The third-order valence-corrected chi connectivity index (χ3v) is 11.8. The van der Waals surface area contributed by atoms with Gasteiger partial charge < -0.3 is 29.5 Å². The van der Waals surface area contributed by atoms with Crippen molar-refractivity contribution in [1.82, 2.24) is 20.0 Å². The predicted octanol–water partition coefficient (Wildman–Crippen LogP) is 9.69. The van der Waals surface area contributed by atoms with Crippen LogP contribution < -0.4 is 19.5 Å². The number of nitrogens with one attached hydrogen (secondary N) is 1. The van der Waals surface area contributed by atoms with Crippen LogP contribution in [0.4, 0.5) is 17.6 Å². The molecule has 7 rings (SSSR count). The second-order valence-electron chi connectivity index (χ2n) is 16.5. The van der Waals surface area contributed by atoms with Gasteiger partial charge in [-0.05, 0) is 108 Å². The van der Waals surface area contributed by atoms with Crippen molar-refractivity contribution in [2.24, 2.45) is 5.92 Å². The minimum atomic E-state index is -4.80. The highest BCUT2D eigenvalue weighted by Gasteiger charge is 2.46. The summed E-state index contributed by atoms with van der Waals surface area (Å²) in [5.41, 5.74) is 4.03. The molecule has 0 radical (unpaired) electrons. The van der Waals surface area contributed by atoms with Gasteiger partial charge in [0.2, 0.25) is 5.91 Å². The Morgan fingerprint density at radius 2 is 1.61 bits per heavy atom. The van der Waals surface area contributed by atoms with Crippen molar-refractivity contribution < 1.29 is 41.7 Å². The van der Waals surface area contributed by atoms with Crippen molar-refractivity contribution >= 4 is 17.5 Å². The van der Waals surface area contributed by atoms with Crippen LogP contribution in [0.2, 0.25) is 5.02 Å². The van der Waals surface area contributed by atoms with E-state index in [1.807, 2.05) is 58.2 Å². The monoisotopic (exact) mass is 876 g/mol. The van der Waals surface area contributed by atoms with E-state index in [1.165, 1.54) is 6.07 Å². The summed E-state index contributed by atoms with van der Waals surface area (Å²) in [6.07, 6.45) is 4.61. The number of alkyl halides is 3. The highest BCUT2D eigenvalue weighted by Crippen LogP contribution is 2.45. The van der Waals surface area contributed by atoms with E-state index in [4.69, 9.17) is 25.8 Å². The molecule has 2 aliphatic rings. The van der Waals surface area contributed by atoms with E-state index in [0.717, 1.165) is 90.1 Å². The first-order valence-corrected chi connectivity index (χ1v) is 21.7. The largest absolute Gasteiger partial charge is 0.489 e. The fourth-order valence-electron chi connectivity index (χ4n) is 8.20. The van der Waals surface area contributed by atoms with Gasteiger partial charge in [-0.25, -0.2) is 4.39 Å². The predicted molar refractivity (Wildman–Crippen MR) is 229 cm³/mol. The summed E-state index contributed by atoms with van der Waals surface area (Å²) < 4.78 is 74.2. The zero-order valence-corrected chi connectivity index (χ0v) is 35.8. The number of amides is 1. The Morgan fingerprint density at radius 1 is 0.903 bits per heavy atom. The number of piperidine rings is 1. The van der Waals surface area contributed by atoms with Crippen LogP contribution in [0.1, 0.15) is 84.4 Å². The van der Waals surface area contributed by atoms with Crippen LogP contribution >= 0.6 is 11.6 Å². The van der Waals surface area contributed by atoms with E-state index >= 15 is 0 Å². The number of likely N-dealkylation sites (tertiary alicyclic amines) is 1. The molecular weight excluding hydrogens is 824 g/mol. The van der Waals surface area contributed by atoms with Gasteiger partial charge in [-0.2, -0.15) is 18.3 Å². The van der Waals surface area contributed by atoms with Crippen molar-refractivity contribution in [3.8, 4) is 17.2 Å². The van der Waals surface area contributed by atoms with Crippen LogP contribution in [-0.2, 0) is 49.9 Å². The van der Waals surface area contributed by atoms with E-state index in [1.54, 1.807) is 6.07 Å². The second-order valence-corrected chi connectivity index (χ2v) is 16.9. The maximum Gasteiger partial charge on any atom is 0.419 e. The average molecular weight is 877 g/mol. The van der Waals surface area contributed by atoms with Crippen LogP contribution in [0.3, 0.4) is 0 Å². The van der Waals surface area contributed by atoms with Crippen molar-refractivity contribution in [3.05, 3.63) is 141 Å². The van der Waals surface area contributed by atoms with Gasteiger partial charge in [0.15, 0.2) is 11.5 Å². The Kier molecular flexibility index (Phi) is 14.5. The molecule has 1 atom stereocenters. The lowest BCUT2D eigenvalue weighted by atomic mass is 9.86. The number of aliphatic hydroxyl groups excluding tert-OH is 1. The van der Waals surface area contributed by atoms with E-state index in [9.17, 15) is 27.5 Å². The number of fused-ring (bicyclic) bond motifs is 1. The molecule has 1 fully saturated rings. The van der Waals surface area contributed by atoms with Gasteiger partial charge in [0, 0.05) is 62.3 Å². The molecule has 2 N–H and O–H groups in total. The third-order valence-electron chi connectivity index (χ3n) is 11.5. The molecule has 62 heavy (non-hydrogen) atoms. The number of halogens is 5. The van der Waals surface area contributed by atoms with Crippen LogP contribution in [-0.4, -0.2) is 57.7 Å². The summed E-state index contributed by atoms with van der Waals surface area (Å²) in [7, 11) is 0. The van der Waals surface area contributed by atoms with Gasteiger partial charge in [0.05, 0.1) is 24.3 Å². The van der Waals surface area contributed by atoms with E-state index in [0.29, 0.717) is 49.8 Å². The smallest absolute Gasteiger partial charge is 0.419 e. The molecule has 0 unspecified atom stereocenters. The molecule has 2 aliphatic heterocycles. The van der Waals surface area contributed by atoms with Crippen molar-refractivity contribution in [1.29, 1.82) is 0 Å². The molecule has 330 valence electrons. The van der Waals surface area contributed by atoms with Gasteiger partial charge in [0.25, 0.3) is 5.79 Å². The Balaban J connectivity index is 0.858. The fraction of sp³-hybridized carbons (Fsp3) is 0.417. The average Bonchev–Trinajstić information content (AvgIpc) is 3.85. The molecule has 4 aromatic carbocycles. The van der Waals surface area contributed by atoms with Gasteiger partial charge >= 0.3 is 6.18 Å². The number of rotatable bonds is 18. The quantitative estimate of drug-likeness (QED) is 0.0669. The summed E-state index contributed by atoms with van der Waals surface area (Å²) in [6.45, 7) is 6.58. The Bertz CT molecular complexity index is 2290. The maximum absolute atomic E-state index is 13.8. The fourth-order valence-corrected chi connectivity index (χ4v) is 8.33. The second kappa shape index (κ2) is 19.9. The molecule has 0 aliphatic carbocycles. The molecular formula is C48H53ClF4N4O5. The highest BCUT2D eigenvalue weighted by molar-refractivity contribution is 6.30. The van der Waals surface area contributed by atoms with Crippen LogP contribution in [0.15, 0.2) is 91.3 Å². The summed E-state index contributed by atoms with van der Waals surface area (Å²) in [4.78, 5) is 15.6. The number of aliphatic hydroxyl groups is 1. The third kappa shape index (κ3) is 11.3. The molecule has 14 heteroatoms. The topological polar surface area (TPSA) is 98.1 Å². The minimum Gasteiger partial charge on any atom is -0.489 e. The summed E-state index contributed by atoms with van der Waals surface area (Å²) in [5, 5.41) is 17.6. The molecule has 5 aromatic rings. The normalized spacial score (nSPS) is 15.1. The van der Waals surface area contributed by atoms with Crippen LogP contribution in [0.25, 0.3) is 0 Å². The number of hydrogen-bond donors (Lipinski definition) is 2. The lowest BCUT2D eigenvalue weighted by Gasteiger charge is -2.39. The number of carbonyl (C=O) groups is 1. The first-order chi connectivity index (χ1) is 29.8. The van der Waals surface area contributed by atoms with E-state index in [-0.39, 0.29) is 36.5 Å². The zero-order valence-electron chi connectivity index (χ0n) is 35.0. The number of benzene rings is 4. The SMILES string of the molecule is CC(C)[C@H](C(=O)N1CCC2(CC1)Oc1ccc(CCc3cnn(CCCCc4ccc(OCc5ccc(F)c(C(F)(F)F)c5)c(CNCCO)c4)c3)cc1O2)c1ccc(Cl)cc1. The van der Waals surface area contributed by atoms with E-state index in [2.05, 4.69) is 42.6 Å². The van der Waals surface area contributed by atoms with Crippen LogP contribution in [0.5, 0.6) is 17.2 Å². The van der Waals surface area contributed by atoms with Gasteiger partial charge in [-0.3, -0.25) is 9.48 Å². The molecule has 0 saturated carbocycles. The molecule has 1 aromatic heterocycles. The van der Waals surface area contributed by atoms with Crippen molar-refractivity contribution in [2.45, 2.75) is 96.4 Å². The Hall–Kier alpha value is -5.11. The Labute approximate surface area is 364 Å². The number of aryl methyl sites for hydroxylation is 4. The number of carbonyl (C=O) groups excluding carboxylic acids is 1. The minimum absolute atomic E-state index is 0.0436. The van der Waals surface area contributed by atoms with Gasteiger partial charge in [-0.15, -0.1) is 0 Å². The molecule has 9 nitrogen and oxygen atoms in total. The summed E-state index contributed by atoms with van der Waals surface area (Å²) >= 11 is 6.11. The highest BCUT2D eigenvalue weighted by atomic mass is 35.5. The first-order valence-electron chi connectivity index (χ1n) is 21.3. The van der Waals surface area contributed by atoms with Crippen molar-refractivity contribution in [2.75, 3.05) is 26.2 Å². The number of ether oxygens (including phenoxy) is 3. The molecule has 0 bridgehead atoms. The maximum atomic E-state index is 13.8. The molecule has 3 heterocycles. The number of nitrogens with zero attached hydrogens (tertiary/aromatic N) is 3. The summed E-state index contributed by atoms with van der Waals surface area (Å²) in [5.74, 6) is -0.108. The molecule has 1 saturated heterocycles. The number of unbranched alkanes of at least 4 members (excludes halogenated alkanes) is 1. The number of aromatic nitrogens is 2. The zero-order chi connectivity index (χ0) is 43.9. The molecule has 1 spiro atoms. The van der Waals surface area contributed by atoms with Gasteiger partial charge in [-0.1, -0.05) is 61.8 Å². The van der Waals surface area contributed by atoms with Gasteiger partial charge in [0.1, 0.15) is 18.2 Å². The van der Waals surface area contributed by atoms with Crippen LogP contribution in [0, 0.1) is 11.7 Å². The lowest BCUT2D eigenvalue weighted by molar-refractivity contribution is -0.148. The summed E-state index contributed by atoms with van der Waals surface area (Å²) in [6, 6.07) is 22.3. The standard InChI is InChI=1S/C48H53ClF4N4O5/c1-32(2)45(37-11-13-39(49)14-12-37)46(59)56-22-18-47(19-23-56)61-43-17-10-34(27-44(43)62-47)6-7-36-28-55-57(30-36)21-4-3-5-33-9-16-42(38(25-33)29-54-20-24-58)60-31-35-8-15-41(50)40(26-35)48(51,52)53/h8-17,25-28,30,32,45,54,58H,3-7,18-24,29,31H2,1-2H3/t45-/m0/s1. The van der Waals surface area contributed by atoms with Crippen molar-refractivity contribution in [3.63, 3.8) is 0 Å². The first kappa shape index (κ1) is 44.9. The van der Waals surface area contributed by atoms with E-state index < -0.39 is 23.3 Å². The number of hydrogen-bond acceptors (Lipinski definition) is 7. The molecule has 1 amide bonds.